The molecule has 0 radical (unpaired) electrons. The number of carbonyl (C=O) groups excluding carboxylic acids is 2. The molecule has 6 rings (SSSR count). The van der Waals surface area contributed by atoms with Gasteiger partial charge in [0.05, 0.1) is 23.4 Å². The molecule has 0 bridgehead atoms. The Kier molecular flexibility index (Phi) is 5.88. The second-order valence-corrected chi connectivity index (χ2v) is 10.4. The van der Waals surface area contributed by atoms with Crippen LogP contribution < -0.4 is 19.7 Å². The van der Waals surface area contributed by atoms with E-state index in [0.717, 1.165) is 25.9 Å². The minimum Gasteiger partial charge on any atom is -0.426 e. The molecule has 0 aliphatic carbocycles. The molecule has 0 saturated carbocycles. The Morgan fingerprint density at radius 1 is 1.05 bits per heavy atom. The van der Waals surface area contributed by atoms with Crippen LogP contribution in [0.1, 0.15) is 18.1 Å². The van der Waals surface area contributed by atoms with Gasteiger partial charge in [-0.3, -0.25) is 14.4 Å². The van der Waals surface area contributed by atoms with E-state index in [2.05, 4.69) is 26.0 Å². The van der Waals surface area contributed by atoms with Crippen molar-refractivity contribution in [3.63, 3.8) is 0 Å². The maximum Gasteiger partial charge on any atom is 0.308 e. The minimum atomic E-state index is -0.489. The van der Waals surface area contributed by atoms with Crippen LogP contribution in [0.3, 0.4) is 0 Å². The molecule has 3 aromatic carbocycles. The number of esters is 1. The second kappa shape index (κ2) is 9.26. The molecule has 38 heavy (non-hydrogen) atoms. The summed E-state index contributed by atoms with van der Waals surface area (Å²) in [4.78, 5) is 45.1. The van der Waals surface area contributed by atoms with Gasteiger partial charge in [0, 0.05) is 17.0 Å². The lowest BCUT2D eigenvalue weighted by Gasteiger charge is -2.17. The average molecular weight is 591 g/mol. The van der Waals surface area contributed by atoms with Crippen LogP contribution in [-0.4, -0.2) is 26.5 Å². The number of fused-ring (bicyclic) bond motifs is 2. The van der Waals surface area contributed by atoms with E-state index in [-0.39, 0.29) is 39.9 Å². The summed E-state index contributed by atoms with van der Waals surface area (Å²) in [5.41, 5.74) is 2.24. The van der Waals surface area contributed by atoms with Gasteiger partial charge >= 0.3 is 5.97 Å². The van der Waals surface area contributed by atoms with Gasteiger partial charge in [0.1, 0.15) is 16.1 Å². The molecule has 0 fully saturated rings. The number of thiazole rings is 1. The summed E-state index contributed by atoms with van der Waals surface area (Å²) in [5.74, 6) is -0.693. The molecule has 0 N–H and O–H groups in total. The first-order valence-electron chi connectivity index (χ1n) is 11.4. The van der Waals surface area contributed by atoms with Gasteiger partial charge in [-0.2, -0.15) is 9.50 Å². The molecule has 1 aliphatic heterocycles. The summed E-state index contributed by atoms with van der Waals surface area (Å²) in [5, 5.41) is 4.37. The Bertz CT molecular complexity index is 1880. The Labute approximate surface area is 226 Å². The molecule has 5 aromatic rings. The maximum absolute atomic E-state index is 13.7. The Balaban J connectivity index is 1.48. The van der Waals surface area contributed by atoms with Crippen molar-refractivity contribution in [3.8, 4) is 17.1 Å². The fourth-order valence-corrected chi connectivity index (χ4v) is 5.71. The Morgan fingerprint density at radius 3 is 2.55 bits per heavy atom. The number of carbonyl (C=O) groups is 2. The molecule has 3 heterocycles. The van der Waals surface area contributed by atoms with E-state index >= 15 is 0 Å². The zero-order valence-corrected chi connectivity index (χ0v) is 22.0. The zero-order chi connectivity index (χ0) is 26.6. The van der Waals surface area contributed by atoms with E-state index in [1.165, 1.54) is 19.1 Å². The van der Waals surface area contributed by atoms with Crippen LogP contribution in [0.5, 0.6) is 5.75 Å². The second-order valence-electron chi connectivity index (χ2n) is 8.51. The smallest absolute Gasteiger partial charge is 0.308 e. The quantitative estimate of drug-likeness (QED) is 0.231. The van der Waals surface area contributed by atoms with E-state index in [0.29, 0.717) is 21.8 Å². The fraction of sp³-hybridized carbons (Fsp3) is 0.0741. The molecule has 2 aromatic heterocycles. The number of amides is 1. The Hall–Kier alpha value is -4.22. The largest absolute Gasteiger partial charge is 0.426 e. The highest BCUT2D eigenvalue weighted by molar-refractivity contribution is 9.10. The fourth-order valence-electron chi connectivity index (χ4n) is 4.35. The van der Waals surface area contributed by atoms with Gasteiger partial charge in [-0.05, 0) is 48.0 Å². The number of ether oxygens (including phenoxy) is 1. The first-order chi connectivity index (χ1) is 18.3. The molecule has 0 unspecified atom stereocenters. The lowest BCUT2D eigenvalue weighted by molar-refractivity contribution is -0.131. The molecular weight excluding hydrogens is 575 g/mol. The highest BCUT2D eigenvalue weighted by atomic mass is 79.9. The van der Waals surface area contributed by atoms with Crippen molar-refractivity contribution in [1.29, 1.82) is 0 Å². The number of nitrogens with zero attached hydrogens (tertiary/aromatic N) is 4. The topological polar surface area (TPSA) is 93.9 Å². The van der Waals surface area contributed by atoms with Crippen LogP contribution in [0.4, 0.5) is 10.1 Å². The van der Waals surface area contributed by atoms with Gasteiger partial charge in [-0.1, -0.05) is 51.5 Å². The lowest BCUT2D eigenvalue weighted by atomic mass is 10.1. The predicted molar refractivity (Wildman–Crippen MR) is 143 cm³/mol. The minimum absolute atomic E-state index is 0.212. The molecule has 188 valence electrons. The van der Waals surface area contributed by atoms with Crippen molar-refractivity contribution >= 4 is 55.4 Å². The van der Waals surface area contributed by atoms with Gasteiger partial charge in [-0.25, -0.2) is 4.39 Å². The third kappa shape index (κ3) is 4.09. The molecule has 0 spiro atoms. The van der Waals surface area contributed by atoms with E-state index in [9.17, 15) is 18.8 Å². The monoisotopic (exact) mass is 590 g/mol. The van der Waals surface area contributed by atoms with Gasteiger partial charge in [0.2, 0.25) is 4.96 Å². The number of benzene rings is 3. The number of halogens is 2. The van der Waals surface area contributed by atoms with Crippen molar-refractivity contribution in [2.45, 2.75) is 13.5 Å². The molecular formula is C27H16BrFN4O4S. The number of hydrogen-bond donors (Lipinski definition) is 0. The van der Waals surface area contributed by atoms with E-state index in [1.807, 2.05) is 6.07 Å². The molecule has 0 atom stereocenters. The van der Waals surface area contributed by atoms with Gasteiger partial charge < -0.3 is 9.64 Å². The first-order valence-corrected chi connectivity index (χ1v) is 13.0. The average Bonchev–Trinajstić information content (AvgIpc) is 3.51. The van der Waals surface area contributed by atoms with Crippen LogP contribution in [-0.2, 0) is 16.1 Å². The van der Waals surface area contributed by atoms with Crippen molar-refractivity contribution < 1.29 is 18.7 Å². The first kappa shape index (κ1) is 24.1. The van der Waals surface area contributed by atoms with Crippen molar-refractivity contribution in [3.05, 3.63) is 103 Å². The number of rotatable bonds is 4. The zero-order valence-electron chi connectivity index (χ0n) is 19.6. The van der Waals surface area contributed by atoms with Crippen LogP contribution in [0.2, 0.25) is 0 Å². The summed E-state index contributed by atoms with van der Waals surface area (Å²) < 4.78 is 20.8. The van der Waals surface area contributed by atoms with Crippen molar-refractivity contribution in [2.75, 3.05) is 4.90 Å². The van der Waals surface area contributed by atoms with E-state index < -0.39 is 11.5 Å². The summed E-state index contributed by atoms with van der Waals surface area (Å²) >= 11 is 4.52. The molecule has 11 heteroatoms. The highest BCUT2D eigenvalue weighted by Gasteiger charge is 2.35. The molecule has 0 saturated heterocycles. The SMILES string of the molecule is CC(=O)Oc1ccccc1-c1nc2s/c(=C3\C(=O)N(Cc4ccc(F)cc4)c4ccc(Br)cc43)c(=O)n2n1. The Morgan fingerprint density at radius 2 is 1.82 bits per heavy atom. The standard InChI is InChI=1S/C27H16BrFN4O4S/c1-14(34)37-21-5-3-2-4-18(21)24-30-27-33(31-24)26(36)23(38-27)22-19-12-16(28)8-11-20(19)32(25(22)35)13-15-6-9-17(29)10-7-15/h2-12H,13H2,1H3/b23-22-. The van der Waals surface area contributed by atoms with Crippen molar-refractivity contribution in [2.24, 2.45) is 0 Å². The number of aromatic nitrogens is 3. The molecule has 1 aliphatic rings. The van der Waals surface area contributed by atoms with E-state index in [1.54, 1.807) is 53.4 Å². The summed E-state index contributed by atoms with van der Waals surface area (Å²) in [6.45, 7) is 1.51. The van der Waals surface area contributed by atoms with Gasteiger partial charge in [0.15, 0.2) is 5.82 Å². The van der Waals surface area contributed by atoms with Crippen LogP contribution in [0, 0.1) is 5.82 Å². The molecule has 1 amide bonds. The maximum atomic E-state index is 13.7. The van der Waals surface area contributed by atoms with Gasteiger partial charge in [0.25, 0.3) is 11.5 Å². The van der Waals surface area contributed by atoms with E-state index in [4.69, 9.17) is 4.74 Å². The summed E-state index contributed by atoms with van der Waals surface area (Å²) in [6, 6.07) is 18.1. The van der Waals surface area contributed by atoms with Gasteiger partial charge in [-0.15, -0.1) is 5.10 Å². The van der Waals surface area contributed by atoms with Crippen molar-refractivity contribution in [1.82, 2.24) is 14.6 Å². The third-order valence-electron chi connectivity index (χ3n) is 6.00. The summed E-state index contributed by atoms with van der Waals surface area (Å²) in [6.07, 6.45) is 0. The van der Waals surface area contributed by atoms with Crippen LogP contribution in [0.25, 0.3) is 21.9 Å². The lowest BCUT2D eigenvalue weighted by Crippen LogP contribution is -2.32. The number of hydrogen-bond acceptors (Lipinski definition) is 7. The van der Waals surface area contributed by atoms with Crippen LogP contribution in [0.15, 0.2) is 76.0 Å². The number of para-hydroxylation sites is 1. The highest BCUT2D eigenvalue weighted by Crippen LogP contribution is 2.38. The molecule has 8 nitrogen and oxygen atoms in total. The number of anilines is 1. The summed E-state index contributed by atoms with van der Waals surface area (Å²) in [7, 11) is 0. The van der Waals surface area contributed by atoms with Crippen LogP contribution >= 0.6 is 27.3 Å². The predicted octanol–water partition coefficient (Wildman–Crippen LogP) is 4.11. The normalized spacial score (nSPS) is 14.3. The third-order valence-corrected chi connectivity index (χ3v) is 7.52.